The molecule has 0 unspecified atom stereocenters. The van der Waals surface area contributed by atoms with Gasteiger partial charge in [0.2, 0.25) is 0 Å². The van der Waals surface area contributed by atoms with Crippen molar-refractivity contribution in [3.63, 3.8) is 0 Å². The molecule has 1 aliphatic heterocycles. The van der Waals surface area contributed by atoms with Crippen molar-refractivity contribution in [2.24, 2.45) is 0 Å². The number of thiocarbonyl (C=S) groups is 1. The molecule has 2 heterocycles. The minimum absolute atomic E-state index is 0.111. The number of anilines is 1. The summed E-state index contributed by atoms with van der Waals surface area (Å²) in [6.45, 7) is 7.33. The Bertz CT molecular complexity index is 966. The Morgan fingerprint density at radius 3 is 2.68 bits per heavy atom. The van der Waals surface area contributed by atoms with Crippen LogP contribution in [0.1, 0.15) is 24.3 Å². The van der Waals surface area contributed by atoms with Crippen LogP contribution in [-0.4, -0.2) is 27.6 Å². The summed E-state index contributed by atoms with van der Waals surface area (Å²) in [5.74, 6) is -1.45. The minimum Gasteiger partial charge on any atom is -0.360 e. The van der Waals surface area contributed by atoms with Crippen molar-refractivity contribution in [3.05, 3.63) is 71.1 Å². The molecule has 1 atom stereocenters. The van der Waals surface area contributed by atoms with Crippen LogP contribution in [-0.2, 0) is 4.79 Å². The summed E-state index contributed by atoms with van der Waals surface area (Å²) in [4.78, 5) is 14.6. The average molecular weight is 404 g/mol. The molecule has 9 heteroatoms. The van der Waals surface area contributed by atoms with Crippen LogP contribution in [0.5, 0.6) is 0 Å². The normalized spacial score (nSPS) is 16.8. The van der Waals surface area contributed by atoms with Crippen molar-refractivity contribution < 1.29 is 18.1 Å². The monoisotopic (exact) mass is 404 g/mol. The topological polar surface area (TPSA) is 70.4 Å². The average Bonchev–Trinajstić information content (AvgIpc) is 3.03. The van der Waals surface area contributed by atoms with Gasteiger partial charge in [-0.2, -0.15) is 0 Å². The van der Waals surface area contributed by atoms with Gasteiger partial charge in [-0.3, -0.25) is 4.79 Å². The molecule has 3 rings (SSSR count). The summed E-state index contributed by atoms with van der Waals surface area (Å²) in [5, 5.41) is 9.43. The number of rotatable bonds is 5. The predicted octanol–water partition coefficient (Wildman–Crippen LogP) is 3.59. The first-order chi connectivity index (χ1) is 13.3. The number of hydrogen-bond donors (Lipinski definition) is 2. The van der Waals surface area contributed by atoms with E-state index in [0.717, 1.165) is 12.1 Å². The molecule has 28 heavy (non-hydrogen) atoms. The van der Waals surface area contributed by atoms with Gasteiger partial charge in [0.1, 0.15) is 17.4 Å². The van der Waals surface area contributed by atoms with E-state index < -0.39 is 23.6 Å². The number of amides is 1. The van der Waals surface area contributed by atoms with E-state index in [1.807, 2.05) is 0 Å². The Kier molecular flexibility index (Phi) is 5.55. The van der Waals surface area contributed by atoms with Crippen LogP contribution in [0.3, 0.4) is 0 Å². The van der Waals surface area contributed by atoms with Gasteiger partial charge in [-0.15, -0.1) is 6.58 Å². The van der Waals surface area contributed by atoms with Crippen LogP contribution in [0.4, 0.5) is 14.6 Å². The Labute approximate surface area is 165 Å². The molecule has 1 amide bonds. The van der Waals surface area contributed by atoms with Crippen LogP contribution in [0.2, 0.25) is 0 Å². The third-order valence-corrected chi connectivity index (χ3v) is 4.65. The maximum atomic E-state index is 14.5. The fourth-order valence-electron chi connectivity index (χ4n) is 3.04. The number of benzene rings is 1. The fourth-order valence-corrected chi connectivity index (χ4v) is 3.37. The first kappa shape index (κ1) is 19.7. The van der Waals surface area contributed by atoms with Gasteiger partial charge in [-0.25, -0.2) is 8.78 Å². The zero-order valence-corrected chi connectivity index (χ0v) is 16.1. The highest BCUT2D eigenvalue weighted by Gasteiger charge is 2.36. The molecule has 1 aromatic heterocycles. The van der Waals surface area contributed by atoms with Crippen LogP contribution < -0.4 is 10.6 Å². The smallest absolute Gasteiger partial charge is 0.257 e. The summed E-state index contributed by atoms with van der Waals surface area (Å²) >= 11 is 5.33. The predicted molar refractivity (Wildman–Crippen MR) is 104 cm³/mol. The minimum atomic E-state index is -1.11. The van der Waals surface area contributed by atoms with E-state index in [1.54, 1.807) is 24.8 Å². The van der Waals surface area contributed by atoms with Gasteiger partial charge in [-0.05, 0) is 38.2 Å². The number of carbonyl (C=O) groups is 1. The first-order valence-corrected chi connectivity index (χ1v) is 8.82. The number of halogens is 2. The molecular weight excluding hydrogens is 386 g/mol. The van der Waals surface area contributed by atoms with Crippen molar-refractivity contribution >= 4 is 29.1 Å². The lowest BCUT2D eigenvalue weighted by Gasteiger charge is -2.37. The molecule has 1 aliphatic rings. The van der Waals surface area contributed by atoms with E-state index in [1.165, 1.54) is 12.1 Å². The zero-order chi connectivity index (χ0) is 20.4. The van der Waals surface area contributed by atoms with Gasteiger partial charge in [0, 0.05) is 18.3 Å². The van der Waals surface area contributed by atoms with E-state index in [9.17, 15) is 13.6 Å². The Balaban J connectivity index is 2.10. The molecular formula is C19H18F2N4O2S. The molecule has 0 aliphatic carbocycles. The standard InChI is InChI=1S/C19H18F2N4O2S/c1-4-8-25-11(3)15(18(26)22-14-9-10(2)27-24-14)17(23-19(25)28)16-12(20)6-5-7-13(16)21/h4-7,9,17H,1,8H2,2-3H3,(H,23,28)(H,22,24,26)/t17-/m1/s1. The molecule has 0 bridgehead atoms. The lowest BCUT2D eigenvalue weighted by Crippen LogP contribution is -2.48. The number of aryl methyl sites for hydroxylation is 1. The number of carbonyl (C=O) groups excluding carboxylic acids is 1. The molecule has 146 valence electrons. The van der Waals surface area contributed by atoms with Gasteiger partial charge < -0.3 is 20.1 Å². The maximum absolute atomic E-state index is 14.5. The summed E-state index contributed by atoms with van der Waals surface area (Å²) in [6.07, 6.45) is 1.61. The number of aromatic nitrogens is 1. The third kappa shape index (κ3) is 3.65. The number of allylic oxidation sites excluding steroid dienone is 1. The fraction of sp³-hybridized carbons (Fsp3) is 0.211. The van der Waals surface area contributed by atoms with Crippen molar-refractivity contribution in [2.75, 3.05) is 11.9 Å². The molecule has 6 nitrogen and oxygen atoms in total. The molecule has 2 aromatic rings. The van der Waals surface area contributed by atoms with Crippen molar-refractivity contribution in [1.29, 1.82) is 0 Å². The Morgan fingerprint density at radius 2 is 2.11 bits per heavy atom. The molecule has 0 fully saturated rings. The van der Waals surface area contributed by atoms with Gasteiger partial charge in [0.05, 0.1) is 17.2 Å². The van der Waals surface area contributed by atoms with E-state index in [2.05, 4.69) is 22.4 Å². The summed E-state index contributed by atoms with van der Waals surface area (Å²) in [7, 11) is 0. The highest BCUT2D eigenvalue weighted by Crippen LogP contribution is 2.34. The SMILES string of the molecule is C=CCN1C(=S)N[C@@H](c2c(F)cccc2F)C(C(=O)Nc2cc(C)on2)=C1C. The highest BCUT2D eigenvalue weighted by atomic mass is 32.1. The van der Waals surface area contributed by atoms with Crippen molar-refractivity contribution in [1.82, 2.24) is 15.4 Å². The van der Waals surface area contributed by atoms with Crippen LogP contribution >= 0.6 is 12.2 Å². The lowest BCUT2D eigenvalue weighted by molar-refractivity contribution is -0.113. The Hall–Kier alpha value is -3.07. The number of hydrogen-bond acceptors (Lipinski definition) is 4. The Morgan fingerprint density at radius 1 is 1.43 bits per heavy atom. The van der Waals surface area contributed by atoms with E-state index >= 15 is 0 Å². The third-order valence-electron chi connectivity index (χ3n) is 4.31. The maximum Gasteiger partial charge on any atom is 0.257 e. The van der Waals surface area contributed by atoms with Gasteiger partial charge in [0.25, 0.3) is 5.91 Å². The molecule has 0 saturated carbocycles. The van der Waals surface area contributed by atoms with E-state index in [0.29, 0.717) is 18.0 Å². The molecule has 0 radical (unpaired) electrons. The van der Waals surface area contributed by atoms with Crippen LogP contribution in [0, 0.1) is 18.6 Å². The van der Waals surface area contributed by atoms with E-state index in [4.69, 9.17) is 16.7 Å². The highest BCUT2D eigenvalue weighted by molar-refractivity contribution is 7.80. The van der Waals surface area contributed by atoms with Crippen LogP contribution in [0.25, 0.3) is 0 Å². The van der Waals surface area contributed by atoms with Crippen LogP contribution in [0.15, 0.2) is 52.7 Å². The van der Waals surface area contributed by atoms with Crippen molar-refractivity contribution in [3.8, 4) is 0 Å². The number of nitrogens with zero attached hydrogens (tertiary/aromatic N) is 2. The summed E-state index contributed by atoms with van der Waals surface area (Å²) in [5.41, 5.74) is 0.276. The first-order valence-electron chi connectivity index (χ1n) is 8.41. The zero-order valence-electron chi connectivity index (χ0n) is 15.3. The second kappa shape index (κ2) is 7.89. The quantitative estimate of drug-likeness (QED) is 0.586. The molecule has 0 spiro atoms. The number of nitrogens with one attached hydrogen (secondary N) is 2. The second-order valence-electron chi connectivity index (χ2n) is 6.19. The molecule has 0 saturated heterocycles. The molecule has 2 N–H and O–H groups in total. The van der Waals surface area contributed by atoms with E-state index in [-0.39, 0.29) is 22.1 Å². The summed E-state index contributed by atoms with van der Waals surface area (Å²) in [6, 6.07) is 3.95. The largest absolute Gasteiger partial charge is 0.360 e. The van der Waals surface area contributed by atoms with Gasteiger partial charge in [-0.1, -0.05) is 17.3 Å². The van der Waals surface area contributed by atoms with Gasteiger partial charge >= 0.3 is 0 Å². The molecule has 1 aromatic carbocycles. The summed E-state index contributed by atoms with van der Waals surface area (Å²) < 4.78 is 33.9. The van der Waals surface area contributed by atoms with Crippen molar-refractivity contribution in [2.45, 2.75) is 19.9 Å². The van der Waals surface area contributed by atoms with Gasteiger partial charge in [0.15, 0.2) is 10.9 Å². The second-order valence-corrected chi connectivity index (χ2v) is 6.58. The lowest BCUT2D eigenvalue weighted by atomic mass is 9.93.